The van der Waals surface area contributed by atoms with Crippen molar-refractivity contribution in [3.8, 4) is 5.75 Å². The van der Waals surface area contributed by atoms with Crippen LogP contribution in [0.2, 0.25) is 0 Å². The van der Waals surface area contributed by atoms with E-state index in [1.54, 1.807) is 19.1 Å². The molecule has 1 aromatic rings. The molecule has 4 nitrogen and oxygen atoms in total. The molecule has 0 fully saturated rings. The van der Waals surface area contributed by atoms with Gasteiger partial charge in [-0.25, -0.2) is 0 Å². The molecule has 16 heavy (non-hydrogen) atoms. The SMILES string of the molecule is CCN(C)C(=O)CNc1ccccc1OC. The lowest BCUT2D eigenvalue weighted by atomic mass is 10.3. The first-order valence-corrected chi connectivity index (χ1v) is 5.30. The molecule has 0 aliphatic rings. The van der Waals surface area contributed by atoms with Gasteiger partial charge in [0.05, 0.1) is 19.3 Å². The Morgan fingerprint density at radius 2 is 2.12 bits per heavy atom. The number of anilines is 1. The molecule has 0 unspecified atom stereocenters. The second-order valence-electron chi connectivity index (χ2n) is 3.46. The quantitative estimate of drug-likeness (QED) is 0.822. The van der Waals surface area contributed by atoms with Crippen LogP contribution in [0.1, 0.15) is 6.92 Å². The molecule has 0 heterocycles. The molecule has 1 amide bonds. The van der Waals surface area contributed by atoms with Crippen molar-refractivity contribution < 1.29 is 9.53 Å². The Bertz CT molecular complexity index is 353. The predicted octanol–water partition coefficient (Wildman–Crippen LogP) is 1.59. The Hall–Kier alpha value is -1.71. The zero-order valence-electron chi connectivity index (χ0n) is 9.99. The summed E-state index contributed by atoms with van der Waals surface area (Å²) in [5, 5.41) is 3.06. The number of nitrogens with zero attached hydrogens (tertiary/aromatic N) is 1. The van der Waals surface area contributed by atoms with Crippen molar-refractivity contribution >= 4 is 11.6 Å². The van der Waals surface area contributed by atoms with E-state index in [0.717, 1.165) is 11.4 Å². The maximum atomic E-state index is 11.6. The summed E-state index contributed by atoms with van der Waals surface area (Å²) in [4.78, 5) is 13.2. The lowest BCUT2D eigenvalue weighted by Crippen LogP contribution is -2.31. The van der Waals surface area contributed by atoms with E-state index < -0.39 is 0 Å². The molecule has 0 bridgehead atoms. The first-order valence-electron chi connectivity index (χ1n) is 5.30. The molecular formula is C12H18N2O2. The zero-order valence-corrected chi connectivity index (χ0v) is 9.99. The van der Waals surface area contributed by atoms with Crippen LogP contribution in [0.3, 0.4) is 0 Å². The van der Waals surface area contributed by atoms with Gasteiger partial charge in [-0.05, 0) is 19.1 Å². The number of likely N-dealkylation sites (N-methyl/N-ethyl adjacent to an activating group) is 1. The molecule has 0 saturated carbocycles. The van der Waals surface area contributed by atoms with Crippen LogP contribution in [-0.2, 0) is 4.79 Å². The minimum absolute atomic E-state index is 0.0633. The monoisotopic (exact) mass is 222 g/mol. The maximum absolute atomic E-state index is 11.6. The standard InChI is InChI=1S/C12H18N2O2/c1-4-14(2)12(15)9-13-10-7-5-6-8-11(10)16-3/h5-8,13H,4,9H2,1-3H3. The van der Waals surface area contributed by atoms with Crippen molar-refractivity contribution in [1.29, 1.82) is 0 Å². The Labute approximate surface area is 96.2 Å². The topological polar surface area (TPSA) is 41.6 Å². The Balaban J connectivity index is 2.57. The number of nitrogens with one attached hydrogen (secondary N) is 1. The van der Waals surface area contributed by atoms with E-state index in [4.69, 9.17) is 4.74 Å². The van der Waals surface area contributed by atoms with Crippen LogP contribution in [0.4, 0.5) is 5.69 Å². The fraction of sp³-hybridized carbons (Fsp3) is 0.417. The van der Waals surface area contributed by atoms with Crippen LogP contribution in [0.25, 0.3) is 0 Å². The summed E-state index contributed by atoms with van der Waals surface area (Å²) in [6.07, 6.45) is 0. The van der Waals surface area contributed by atoms with Crippen molar-refractivity contribution in [2.45, 2.75) is 6.92 Å². The molecule has 1 aromatic carbocycles. The molecule has 1 rings (SSSR count). The maximum Gasteiger partial charge on any atom is 0.241 e. The van der Waals surface area contributed by atoms with Crippen LogP contribution in [0, 0.1) is 0 Å². The van der Waals surface area contributed by atoms with Gasteiger partial charge in [0.2, 0.25) is 5.91 Å². The number of carbonyl (C=O) groups excluding carboxylic acids is 1. The molecule has 1 N–H and O–H groups in total. The lowest BCUT2D eigenvalue weighted by Gasteiger charge is -2.16. The number of hydrogen-bond acceptors (Lipinski definition) is 3. The second kappa shape index (κ2) is 6.00. The Kier molecular flexibility index (Phi) is 4.64. The number of hydrogen-bond donors (Lipinski definition) is 1. The summed E-state index contributed by atoms with van der Waals surface area (Å²) in [6.45, 7) is 2.94. The highest BCUT2D eigenvalue weighted by Crippen LogP contribution is 2.22. The summed E-state index contributed by atoms with van der Waals surface area (Å²) in [5.74, 6) is 0.808. The third-order valence-corrected chi connectivity index (χ3v) is 2.44. The van der Waals surface area contributed by atoms with Gasteiger partial charge < -0.3 is 15.0 Å². The van der Waals surface area contributed by atoms with Gasteiger partial charge in [0.25, 0.3) is 0 Å². The number of carbonyl (C=O) groups is 1. The van der Waals surface area contributed by atoms with E-state index in [1.165, 1.54) is 0 Å². The highest BCUT2D eigenvalue weighted by molar-refractivity contribution is 5.81. The largest absolute Gasteiger partial charge is 0.495 e. The smallest absolute Gasteiger partial charge is 0.241 e. The van der Waals surface area contributed by atoms with Gasteiger partial charge in [-0.2, -0.15) is 0 Å². The highest BCUT2D eigenvalue weighted by Gasteiger charge is 2.07. The number of amides is 1. The van der Waals surface area contributed by atoms with E-state index in [-0.39, 0.29) is 12.5 Å². The second-order valence-corrected chi connectivity index (χ2v) is 3.46. The molecule has 4 heteroatoms. The number of methoxy groups -OCH3 is 1. The van der Waals surface area contributed by atoms with E-state index in [0.29, 0.717) is 6.54 Å². The van der Waals surface area contributed by atoms with E-state index >= 15 is 0 Å². The van der Waals surface area contributed by atoms with Crippen molar-refractivity contribution in [1.82, 2.24) is 4.90 Å². The van der Waals surface area contributed by atoms with Crippen molar-refractivity contribution in [3.05, 3.63) is 24.3 Å². The van der Waals surface area contributed by atoms with Gasteiger partial charge in [-0.1, -0.05) is 12.1 Å². The Morgan fingerprint density at radius 1 is 1.44 bits per heavy atom. The van der Waals surface area contributed by atoms with Gasteiger partial charge in [-0.15, -0.1) is 0 Å². The summed E-state index contributed by atoms with van der Waals surface area (Å²) in [5.41, 5.74) is 0.836. The lowest BCUT2D eigenvalue weighted by molar-refractivity contribution is -0.127. The third-order valence-electron chi connectivity index (χ3n) is 2.44. The molecule has 0 aliphatic carbocycles. The summed E-state index contributed by atoms with van der Waals surface area (Å²) >= 11 is 0. The van der Waals surface area contributed by atoms with Crippen LogP contribution in [-0.4, -0.2) is 38.1 Å². The first-order chi connectivity index (χ1) is 7.69. The molecule has 0 atom stereocenters. The predicted molar refractivity (Wildman–Crippen MR) is 64.8 cm³/mol. The number of rotatable bonds is 5. The van der Waals surface area contributed by atoms with Gasteiger partial charge in [-0.3, -0.25) is 4.79 Å². The third kappa shape index (κ3) is 3.15. The molecule has 0 aliphatic heterocycles. The molecule has 0 saturated heterocycles. The van der Waals surface area contributed by atoms with Gasteiger partial charge in [0, 0.05) is 13.6 Å². The molecule has 88 valence electrons. The van der Waals surface area contributed by atoms with Crippen LogP contribution in [0.15, 0.2) is 24.3 Å². The van der Waals surface area contributed by atoms with Crippen LogP contribution < -0.4 is 10.1 Å². The van der Waals surface area contributed by atoms with Crippen LogP contribution >= 0.6 is 0 Å². The fourth-order valence-corrected chi connectivity index (χ4v) is 1.27. The molecule has 0 spiro atoms. The number of benzene rings is 1. The highest BCUT2D eigenvalue weighted by atomic mass is 16.5. The summed E-state index contributed by atoms with van der Waals surface area (Å²) in [7, 11) is 3.40. The first kappa shape index (κ1) is 12.4. The number of para-hydroxylation sites is 2. The molecule has 0 aromatic heterocycles. The average molecular weight is 222 g/mol. The summed E-state index contributed by atoms with van der Waals surface area (Å²) in [6, 6.07) is 7.54. The number of ether oxygens (including phenoxy) is 1. The minimum atomic E-state index is 0.0633. The van der Waals surface area contributed by atoms with Crippen molar-refractivity contribution in [2.24, 2.45) is 0 Å². The molecule has 0 radical (unpaired) electrons. The van der Waals surface area contributed by atoms with Gasteiger partial charge in [0.1, 0.15) is 5.75 Å². The minimum Gasteiger partial charge on any atom is -0.495 e. The van der Waals surface area contributed by atoms with E-state index in [9.17, 15) is 4.79 Å². The van der Waals surface area contributed by atoms with Crippen molar-refractivity contribution in [2.75, 3.05) is 32.6 Å². The van der Waals surface area contributed by atoms with Gasteiger partial charge >= 0.3 is 0 Å². The Morgan fingerprint density at radius 3 is 2.75 bits per heavy atom. The van der Waals surface area contributed by atoms with Crippen molar-refractivity contribution in [3.63, 3.8) is 0 Å². The summed E-state index contributed by atoms with van der Waals surface area (Å²) < 4.78 is 5.18. The average Bonchev–Trinajstić information content (AvgIpc) is 2.35. The fourth-order valence-electron chi connectivity index (χ4n) is 1.27. The molecular weight excluding hydrogens is 204 g/mol. The zero-order chi connectivity index (χ0) is 12.0. The van der Waals surface area contributed by atoms with E-state index in [1.807, 2.05) is 31.2 Å². The normalized spacial score (nSPS) is 9.69. The van der Waals surface area contributed by atoms with Crippen LogP contribution in [0.5, 0.6) is 5.75 Å². The van der Waals surface area contributed by atoms with Gasteiger partial charge in [0.15, 0.2) is 0 Å². The van der Waals surface area contributed by atoms with E-state index in [2.05, 4.69) is 5.32 Å².